The normalized spacial score (nSPS) is 17.5. The Morgan fingerprint density at radius 2 is 2.15 bits per heavy atom. The second-order valence-corrected chi connectivity index (χ2v) is 7.79. The van der Waals surface area contributed by atoms with Gasteiger partial charge in [-0.3, -0.25) is 9.59 Å². The van der Waals surface area contributed by atoms with Gasteiger partial charge in [-0.25, -0.2) is 9.55 Å². The molecule has 0 bridgehead atoms. The lowest BCUT2D eigenvalue weighted by atomic mass is 9.89. The molecule has 1 aliphatic carbocycles. The summed E-state index contributed by atoms with van der Waals surface area (Å²) in [5.41, 5.74) is 1.08. The Morgan fingerprint density at radius 1 is 1.30 bits per heavy atom. The van der Waals surface area contributed by atoms with Gasteiger partial charge in [0.05, 0.1) is 24.0 Å². The van der Waals surface area contributed by atoms with Gasteiger partial charge < -0.3 is 25.5 Å². The number of fused-ring (bicyclic) bond motifs is 1. The van der Waals surface area contributed by atoms with Crippen LogP contribution in [-0.2, 0) is 0 Å². The van der Waals surface area contributed by atoms with Crippen LogP contribution in [0.4, 0.5) is 17.3 Å². The third-order valence-corrected chi connectivity index (χ3v) is 5.55. The van der Waals surface area contributed by atoms with Crippen molar-refractivity contribution in [2.45, 2.75) is 31.9 Å². The molecular weight excluding hydrogens is 428 g/mol. The summed E-state index contributed by atoms with van der Waals surface area (Å²) < 4.78 is 8.12. The van der Waals surface area contributed by atoms with Crippen LogP contribution < -0.4 is 21.5 Å². The molecule has 0 aromatic carbocycles. The van der Waals surface area contributed by atoms with E-state index in [1.807, 2.05) is 0 Å². The van der Waals surface area contributed by atoms with Gasteiger partial charge in [-0.05, 0) is 31.9 Å². The van der Waals surface area contributed by atoms with Crippen LogP contribution in [0, 0.1) is 6.92 Å². The van der Waals surface area contributed by atoms with Crippen molar-refractivity contribution in [3.8, 4) is 6.01 Å². The first-order valence-electron chi connectivity index (χ1n) is 10.4. The quantitative estimate of drug-likeness (QED) is 0.340. The summed E-state index contributed by atoms with van der Waals surface area (Å²) in [5.74, 6) is 0.523. The Hall–Kier alpha value is -4.19. The highest BCUT2D eigenvalue weighted by molar-refractivity contribution is 6.00. The number of oxazole rings is 1. The van der Waals surface area contributed by atoms with Crippen molar-refractivity contribution < 1.29 is 14.3 Å². The van der Waals surface area contributed by atoms with Crippen LogP contribution in [0.3, 0.4) is 0 Å². The molecule has 1 amide bonds. The standard InChI is InChI=1S/C21H22N8O4/c1-11-10-33-21(24-11)28-7-3-4-14(20(28)32)25-16-8-17(22-2)29-18(27-16)12(9-23-29)19(31)26-13-5-6-15(13)30/h3-4,7-10,13,15,22,30H,5-6H2,1-2H3,(H,25,27)(H,26,31)/t13-,15-/m0/s1. The topological polar surface area (TPSA) is 152 Å². The summed E-state index contributed by atoms with van der Waals surface area (Å²) in [6.07, 6.45) is 5.29. The van der Waals surface area contributed by atoms with Crippen LogP contribution in [0.2, 0.25) is 0 Å². The Labute approximate surface area is 187 Å². The molecular formula is C21H22N8O4. The zero-order chi connectivity index (χ0) is 23.1. The molecule has 4 aromatic heterocycles. The minimum Gasteiger partial charge on any atom is -0.431 e. The van der Waals surface area contributed by atoms with Crippen LogP contribution >= 0.6 is 0 Å². The average molecular weight is 450 g/mol. The van der Waals surface area contributed by atoms with Gasteiger partial charge in [-0.1, -0.05) is 0 Å². The molecule has 12 nitrogen and oxygen atoms in total. The molecule has 12 heteroatoms. The van der Waals surface area contributed by atoms with E-state index >= 15 is 0 Å². The van der Waals surface area contributed by atoms with Crippen LogP contribution in [0.15, 0.2) is 46.1 Å². The number of nitrogens with zero attached hydrogens (tertiary/aromatic N) is 5. The van der Waals surface area contributed by atoms with E-state index in [0.29, 0.717) is 29.4 Å². The van der Waals surface area contributed by atoms with Gasteiger partial charge in [-0.2, -0.15) is 14.6 Å². The Balaban J connectivity index is 1.50. The first kappa shape index (κ1) is 20.7. The number of nitrogens with one attached hydrogen (secondary N) is 3. The highest BCUT2D eigenvalue weighted by Crippen LogP contribution is 2.23. The van der Waals surface area contributed by atoms with Crippen molar-refractivity contribution in [3.63, 3.8) is 0 Å². The van der Waals surface area contributed by atoms with E-state index in [1.54, 1.807) is 38.4 Å². The van der Waals surface area contributed by atoms with Crippen molar-refractivity contribution in [3.05, 3.63) is 58.5 Å². The van der Waals surface area contributed by atoms with Gasteiger partial charge in [0.2, 0.25) is 0 Å². The van der Waals surface area contributed by atoms with Crippen molar-refractivity contribution >= 4 is 28.9 Å². The summed E-state index contributed by atoms with van der Waals surface area (Å²) in [5, 5.41) is 22.9. The fourth-order valence-corrected chi connectivity index (χ4v) is 3.59. The van der Waals surface area contributed by atoms with Gasteiger partial charge in [0.15, 0.2) is 5.65 Å². The number of amides is 1. The molecule has 1 aliphatic rings. The second-order valence-electron chi connectivity index (χ2n) is 7.79. The number of aromatic nitrogens is 5. The first-order valence-corrected chi connectivity index (χ1v) is 10.4. The van der Waals surface area contributed by atoms with Crippen LogP contribution in [0.25, 0.3) is 11.7 Å². The Kier molecular flexibility index (Phi) is 5.05. The zero-order valence-electron chi connectivity index (χ0n) is 17.9. The summed E-state index contributed by atoms with van der Waals surface area (Å²) >= 11 is 0. The van der Waals surface area contributed by atoms with E-state index in [9.17, 15) is 14.7 Å². The molecule has 170 valence electrons. The van der Waals surface area contributed by atoms with Crippen molar-refractivity contribution in [2.24, 2.45) is 0 Å². The average Bonchev–Trinajstić information content (AvgIpc) is 3.43. The molecule has 4 N–H and O–H groups in total. The van der Waals surface area contributed by atoms with E-state index in [4.69, 9.17) is 4.42 Å². The minimum absolute atomic E-state index is 0.161. The number of aryl methyl sites for hydroxylation is 1. The van der Waals surface area contributed by atoms with E-state index in [1.165, 1.54) is 21.5 Å². The molecule has 0 radical (unpaired) electrons. The molecule has 5 rings (SSSR count). The lowest BCUT2D eigenvalue weighted by molar-refractivity contribution is 0.0448. The fraction of sp³-hybridized carbons (Fsp3) is 0.286. The third-order valence-electron chi connectivity index (χ3n) is 5.55. The molecule has 0 saturated heterocycles. The lowest BCUT2D eigenvalue weighted by Crippen LogP contribution is -2.50. The zero-order valence-corrected chi connectivity index (χ0v) is 17.9. The maximum absolute atomic E-state index is 13.0. The molecule has 33 heavy (non-hydrogen) atoms. The molecule has 0 aliphatic heterocycles. The van der Waals surface area contributed by atoms with Crippen molar-refractivity contribution in [1.29, 1.82) is 0 Å². The van der Waals surface area contributed by atoms with E-state index in [0.717, 1.165) is 6.42 Å². The molecule has 4 aromatic rings. The maximum atomic E-state index is 13.0. The first-order chi connectivity index (χ1) is 15.9. The monoisotopic (exact) mass is 450 g/mol. The van der Waals surface area contributed by atoms with Crippen LogP contribution in [-0.4, -0.2) is 54.4 Å². The molecule has 4 heterocycles. The summed E-state index contributed by atoms with van der Waals surface area (Å²) in [7, 11) is 1.71. The molecule has 0 spiro atoms. The van der Waals surface area contributed by atoms with E-state index in [-0.39, 0.29) is 34.8 Å². The summed E-state index contributed by atoms with van der Waals surface area (Å²) in [6.45, 7) is 1.77. The fourth-order valence-electron chi connectivity index (χ4n) is 3.59. The number of rotatable bonds is 6. The van der Waals surface area contributed by atoms with Crippen LogP contribution in [0.5, 0.6) is 0 Å². The maximum Gasteiger partial charge on any atom is 0.308 e. The lowest BCUT2D eigenvalue weighted by Gasteiger charge is -2.32. The second kappa shape index (κ2) is 8.06. The highest BCUT2D eigenvalue weighted by atomic mass is 16.4. The van der Waals surface area contributed by atoms with Gasteiger partial charge in [-0.15, -0.1) is 0 Å². The summed E-state index contributed by atoms with van der Waals surface area (Å²) in [4.78, 5) is 34.4. The number of carbonyl (C=O) groups is 1. The van der Waals surface area contributed by atoms with Crippen molar-refractivity contribution in [1.82, 2.24) is 29.5 Å². The van der Waals surface area contributed by atoms with E-state index in [2.05, 4.69) is 31.0 Å². The van der Waals surface area contributed by atoms with E-state index < -0.39 is 6.10 Å². The Morgan fingerprint density at radius 3 is 2.82 bits per heavy atom. The number of anilines is 3. The SMILES string of the molecule is CNc1cc(Nc2cccn(-c3nc(C)co3)c2=O)nc2c(C(=O)N[C@H]3CC[C@@H]3O)cnn12. The molecule has 1 fully saturated rings. The largest absolute Gasteiger partial charge is 0.431 e. The number of pyridine rings is 1. The van der Waals surface area contributed by atoms with Crippen molar-refractivity contribution in [2.75, 3.05) is 17.7 Å². The molecule has 0 unspecified atom stereocenters. The molecule has 1 saturated carbocycles. The smallest absolute Gasteiger partial charge is 0.308 e. The molecule has 2 atom stereocenters. The summed E-state index contributed by atoms with van der Waals surface area (Å²) in [6, 6.07) is 4.85. The van der Waals surface area contributed by atoms with Crippen LogP contribution in [0.1, 0.15) is 28.9 Å². The number of aliphatic hydroxyl groups excluding tert-OH is 1. The predicted octanol–water partition coefficient (Wildman–Crippen LogP) is 1.22. The minimum atomic E-state index is -0.540. The number of hydrogen-bond donors (Lipinski definition) is 4. The number of hydrogen-bond acceptors (Lipinski definition) is 9. The number of carbonyl (C=O) groups excluding carboxylic acids is 1. The third kappa shape index (κ3) is 3.69. The Bertz CT molecular complexity index is 1410. The van der Waals surface area contributed by atoms with Gasteiger partial charge in [0, 0.05) is 19.3 Å². The predicted molar refractivity (Wildman–Crippen MR) is 119 cm³/mol. The van der Waals surface area contributed by atoms with Gasteiger partial charge in [0.25, 0.3) is 11.5 Å². The van der Waals surface area contributed by atoms with Gasteiger partial charge >= 0.3 is 6.01 Å². The number of aliphatic hydroxyl groups is 1. The van der Waals surface area contributed by atoms with Gasteiger partial charge in [0.1, 0.15) is 29.1 Å². The highest BCUT2D eigenvalue weighted by Gasteiger charge is 2.31.